The molecule has 1 aromatic heterocycles. The van der Waals surface area contributed by atoms with Gasteiger partial charge in [0.2, 0.25) is 0 Å². The van der Waals surface area contributed by atoms with Gasteiger partial charge in [-0.2, -0.15) is 5.10 Å². The second kappa shape index (κ2) is 2.95. The minimum absolute atomic E-state index is 0.907. The fraction of sp³-hybridized carbons (Fsp3) is 0.625. The van der Waals surface area contributed by atoms with Crippen LogP contribution in [0.25, 0.3) is 0 Å². The molecule has 0 bridgehead atoms. The molecule has 1 heterocycles. The number of hydrogen-bond donors (Lipinski definition) is 2. The van der Waals surface area contributed by atoms with Gasteiger partial charge in [0.05, 0.1) is 11.9 Å². The highest BCUT2D eigenvalue weighted by atomic mass is 15.1. The van der Waals surface area contributed by atoms with Crippen LogP contribution in [0.5, 0.6) is 0 Å². The molecular formula is C8H13N3. The maximum absolute atomic E-state index is 3.86. The zero-order valence-corrected chi connectivity index (χ0v) is 6.51. The molecule has 0 aromatic carbocycles. The Morgan fingerprint density at radius 1 is 1.64 bits per heavy atom. The number of rotatable bonds is 3. The van der Waals surface area contributed by atoms with Crippen LogP contribution >= 0.6 is 0 Å². The molecule has 1 aliphatic rings. The van der Waals surface area contributed by atoms with Crippen molar-refractivity contribution in [1.82, 2.24) is 10.2 Å². The average molecular weight is 151 g/mol. The highest BCUT2D eigenvalue weighted by molar-refractivity contribution is 5.37. The Hall–Kier alpha value is -0.990. The number of aromatic nitrogens is 2. The van der Waals surface area contributed by atoms with Gasteiger partial charge >= 0.3 is 0 Å². The van der Waals surface area contributed by atoms with Gasteiger partial charge < -0.3 is 5.32 Å². The summed E-state index contributed by atoms with van der Waals surface area (Å²) < 4.78 is 0. The summed E-state index contributed by atoms with van der Waals surface area (Å²) in [5, 5.41) is 9.97. The highest BCUT2D eigenvalue weighted by Crippen LogP contribution is 2.26. The van der Waals surface area contributed by atoms with Crippen molar-refractivity contribution < 1.29 is 0 Å². The molecule has 0 unspecified atom stereocenters. The van der Waals surface area contributed by atoms with Crippen LogP contribution in [-0.4, -0.2) is 16.7 Å². The van der Waals surface area contributed by atoms with E-state index in [-0.39, 0.29) is 0 Å². The van der Waals surface area contributed by atoms with Crippen molar-refractivity contribution in [3.63, 3.8) is 0 Å². The van der Waals surface area contributed by atoms with E-state index < -0.39 is 0 Å². The van der Waals surface area contributed by atoms with E-state index in [1.54, 1.807) is 0 Å². The summed E-state index contributed by atoms with van der Waals surface area (Å²) in [6, 6.07) is 0. The Morgan fingerprint density at radius 2 is 2.55 bits per heavy atom. The number of aromatic amines is 1. The summed E-state index contributed by atoms with van der Waals surface area (Å²) in [4.78, 5) is 0. The largest absolute Gasteiger partial charge is 0.382 e. The van der Waals surface area contributed by atoms with E-state index in [1.165, 1.54) is 19.3 Å². The summed E-state index contributed by atoms with van der Waals surface area (Å²) in [6.07, 6.45) is 7.91. The van der Waals surface area contributed by atoms with Crippen molar-refractivity contribution in [2.75, 3.05) is 11.9 Å². The fourth-order valence-corrected chi connectivity index (χ4v) is 1.31. The molecule has 11 heavy (non-hydrogen) atoms. The number of hydrogen-bond acceptors (Lipinski definition) is 2. The van der Waals surface area contributed by atoms with E-state index in [9.17, 15) is 0 Å². The highest BCUT2D eigenvalue weighted by Gasteiger charge is 2.16. The molecule has 1 aliphatic carbocycles. The predicted molar refractivity (Wildman–Crippen MR) is 44.4 cm³/mol. The van der Waals surface area contributed by atoms with Gasteiger partial charge in [0.25, 0.3) is 0 Å². The lowest BCUT2D eigenvalue weighted by Crippen LogP contribution is -2.20. The van der Waals surface area contributed by atoms with Crippen molar-refractivity contribution in [1.29, 1.82) is 0 Å². The van der Waals surface area contributed by atoms with Crippen LogP contribution in [0, 0.1) is 5.92 Å². The molecule has 3 heteroatoms. The van der Waals surface area contributed by atoms with Gasteiger partial charge in [-0.1, -0.05) is 6.42 Å². The van der Waals surface area contributed by atoms with Crippen LogP contribution in [0.1, 0.15) is 19.3 Å². The van der Waals surface area contributed by atoms with E-state index in [1.807, 2.05) is 12.4 Å². The maximum Gasteiger partial charge on any atom is 0.0723 e. The third-order valence-corrected chi connectivity index (χ3v) is 2.32. The predicted octanol–water partition coefficient (Wildman–Crippen LogP) is 1.62. The van der Waals surface area contributed by atoms with E-state index in [4.69, 9.17) is 0 Å². The van der Waals surface area contributed by atoms with E-state index >= 15 is 0 Å². The normalized spacial score (nSPS) is 17.8. The zero-order chi connectivity index (χ0) is 7.52. The second-order valence-corrected chi connectivity index (χ2v) is 3.16. The van der Waals surface area contributed by atoms with Crippen molar-refractivity contribution in [2.45, 2.75) is 19.3 Å². The Morgan fingerprint density at radius 3 is 3.09 bits per heavy atom. The Kier molecular flexibility index (Phi) is 1.79. The Bertz CT molecular complexity index is 201. The minimum atomic E-state index is 0.907. The van der Waals surface area contributed by atoms with Crippen LogP contribution in [0.15, 0.2) is 12.4 Å². The second-order valence-electron chi connectivity index (χ2n) is 3.16. The molecule has 60 valence electrons. The van der Waals surface area contributed by atoms with Crippen LogP contribution in [0.3, 0.4) is 0 Å². The molecule has 0 atom stereocenters. The van der Waals surface area contributed by atoms with Crippen LogP contribution in [0.2, 0.25) is 0 Å². The molecule has 3 nitrogen and oxygen atoms in total. The van der Waals surface area contributed by atoms with Gasteiger partial charge in [-0.25, -0.2) is 0 Å². The third kappa shape index (κ3) is 1.53. The van der Waals surface area contributed by atoms with Gasteiger partial charge in [0.1, 0.15) is 0 Å². The minimum Gasteiger partial charge on any atom is -0.382 e. The fourth-order valence-electron chi connectivity index (χ4n) is 1.31. The van der Waals surface area contributed by atoms with Crippen molar-refractivity contribution >= 4 is 5.69 Å². The van der Waals surface area contributed by atoms with Gasteiger partial charge in [0, 0.05) is 12.7 Å². The molecule has 0 amide bonds. The molecule has 2 rings (SSSR count). The standard InChI is InChI=1S/C8H13N3/c1-2-7(3-1)4-9-8-5-10-11-6-8/h5-7,9H,1-4H2,(H,10,11). The summed E-state index contributed by atoms with van der Waals surface area (Å²) in [7, 11) is 0. The van der Waals surface area contributed by atoms with Gasteiger partial charge in [-0.15, -0.1) is 0 Å². The van der Waals surface area contributed by atoms with Crippen LogP contribution < -0.4 is 5.32 Å². The molecule has 1 saturated carbocycles. The van der Waals surface area contributed by atoms with Crippen molar-refractivity contribution in [2.24, 2.45) is 5.92 Å². The number of H-pyrrole nitrogens is 1. The monoisotopic (exact) mass is 151 g/mol. The molecule has 0 saturated heterocycles. The summed E-state index contributed by atoms with van der Waals surface area (Å²) in [6.45, 7) is 1.11. The van der Waals surface area contributed by atoms with Crippen LogP contribution in [-0.2, 0) is 0 Å². The summed E-state index contributed by atoms with van der Waals surface area (Å²) >= 11 is 0. The molecule has 0 aliphatic heterocycles. The maximum atomic E-state index is 3.86. The molecule has 1 fully saturated rings. The third-order valence-electron chi connectivity index (χ3n) is 2.32. The first kappa shape index (κ1) is 6.70. The molecular weight excluding hydrogens is 138 g/mol. The lowest BCUT2D eigenvalue weighted by molar-refractivity contribution is 0.333. The first-order valence-electron chi connectivity index (χ1n) is 4.18. The zero-order valence-electron chi connectivity index (χ0n) is 6.51. The number of anilines is 1. The SMILES string of the molecule is c1n[nH]cc1NCC1CCC1. The van der Waals surface area contributed by atoms with Crippen molar-refractivity contribution in [3.8, 4) is 0 Å². The van der Waals surface area contributed by atoms with Gasteiger partial charge in [-0.3, -0.25) is 5.10 Å². The van der Waals surface area contributed by atoms with E-state index in [0.29, 0.717) is 0 Å². The van der Waals surface area contributed by atoms with E-state index in [0.717, 1.165) is 18.2 Å². The summed E-state index contributed by atoms with van der Waals surface area (Å²) in [5.74, 6) is 0.907. The first-order chi connectivity index (χ1) is 5.45. The summed E-state index contributed by atoms with van der Waals surface area (Å²) in [5.41, 5.74) is 1.11. The van der Waals surface area contributed by atoms with Crippen molar-refractivity contribution in [3.05, 3.63) is 12.4 Å². The van der Waals surface area contributed by atoms with Gasteiger partial charge in [0.15, 0.2) is 0 Å². The average Bonchev–Trinajstić information content (AvgIpc) is 2.36. The molecule has 1 aromatic rings. The molecule has 0 spiro atoms. The Balaban J connectivity index is 1.74. The first-order valence-corrected chi connectivity index (χ1v) is 4.18. The number of nitrogens with zero attached hydrogens (tertiary/aromatic N) is 1. The Labute approximate surface area is 66.2 Å². The molecule has 2 N–H and O–H groups in total. The van der Waals surface area contributed by atoms with E-state index in [2.05, 4.69) is 15.5 Å². The quantitative estimate of drug-likeness (QED) is 0.689. The van der Waals surface area contributed by atoms with Crippen LogP contribution in [0.4, 0.5) is 5.69 Å². The number of nitrogens with one attached hydrogen (secondary N) is 2. The lowest BCUT2D eigenvalue weighted by Gasteiger charge is -2.25. The smallest absolute Gasteiger partial charge is 0.0723 e. The molecule has 0 radical (unpaired) electrons. The topological polar surface area (TPSA) is 40.7 Å². The lowest BCUT2D eigenvalue weighted by atomic mass is 9.85. The van der Waals surface area contributed by atoms with Gasteiger partial charge in [-0.05, 0) is 18.8 Å².